The van der Waals surface area contributed by atoms with Gasteiger partial charge in [-0.2, -0.15) is 0 Å². The summed E-state index contributed by atoms with van der Waals surface area (Å²) in [6.07, 6.45) is 1.66. The van der Waals surface area contributed by atoms with Crippen LogP contribution in [0.3, 0.4) is 0 Å². The Morgan fingerprint density at radius 1 is 1.53 bits per heavy atom. The molecule has 1 aromatic heterocycles. The molecule has 0 amide bonds. The van der Waals surface area contributed by atoms with Crippen LogP contribution in [0.2, 0.25) is 0 Å². The molecule has 1 heterocycles. The molecule has 0 bridgehead atoms. The first-order chi connectivity index (χ1) is 7.08. The minimum absolute atomic E-state index is 0.0584. The number of rotatable bonds is 2. The van der Waals surface area contributed by atoms with Crippen LogP contribution in [0.25, 0.3) is 10.9 Å². The fourth-order valence-electron chi connectivity index (χ4n) is 1.71. The number of anilines is 1. The predicted octanol–water partition coefficient (Wildman–Crippen LogP) is 1.62. The zero-order chi connectivity index (χ0) is 11.0. The van der Waals surface area contributed by atoms with Crippen molar-refractivity contribution in [2.24, 2.45) is 0 Å². The molecule has 78 valence electrons. The lowest BCUT2D eigenvalue weighted by atomic mass is 10.2. The summed E-state index contributed by atoms with van der Waals surface area (Å²) >= 11 is 0. The molecule has 0 fully saturated rings. The van der Waals surface area contributed by atoms with Crippen molar-refractivity contribution in [1.29, 1.82) is 0 Å². The third-order valence-corrected chi connectivity index (χ3v) is 2.37. The van der Waals surface area contributed by atoms with Gasteiger partial charge < -0.3 is 15.4 Å². The van der Waals surface area contributed by atoms with E-state index in [4.69, 9.17) is 10.8 Å². The quantitative estimate of drug-likeness (QED) is 0.781. The van der Waals surface area contributed by atoms with Gasteiger partial charge in [0.1, 0.15) is 6.54 Å². The smallest absolute Gasteiger partial charge is 0.323 e. The van der Waals surface area contributed by atoms with E-state index in [1.165, 1.54) is 0 Å². The Morgan fingerprint density at radius 3 is 2.93 bits per heavy atom. The van der Waals surface area contributed by atoms with Crippen LogP contribution in [-0.4, -0.2) is 15.6 Å². The van der Waals surface area contributed by atoms with Crippen molar-refractivity contribution in [3.05, 3.63) is 30.0 Å². The van der Waals surface area contributed by atoms with E-state index in [9.17, 15) is 4.79 Å². The molecule has 15 heavy (non-hydrogen) atoms. The Hall–Kier alpha value is -1.97. The van der Waals surface area contributed by atoms with Crippen molar-refractivity contribution >= 4 is 22.6 Å². The number of hydrogen-bond acceptors (Lipinski definition) is 2. The van der Waals surface area contributed by atoms with E-state index >= 15 is 0 Å². The van der Waals surface area contributed by atoms with E-state index in [0.717, 1.165) is 16.5 Å². The minimum atomic E-state index is -0.867. The number of aromatic nitrogens is 1. The number of benzene rings is 1. The van der Waals surface area contributed by atoms with Crippen molar-refractivity contribution in [1.82, 2.24) is 4.57 Å². The number of fused-ring (bicyclic) bond motifs is 1. The minimum Gasteiger partial charge on any atom is -0.480 e. The van der Waals surface area contributed by atoms with E-state index in [1.54, 1.807) is 10.8 Å². The summed E-state index contributed by atoms with van der Waals surface area (Å²) in [5.41, 5.74) is 8.37. The van der Waals surface area contributed by atoms with Crippen LogP contribution < -0.4 is 5.73 Å². The Morgan fingerprint density at radius 2 is 2.27 bits per heavy atom. The average Bonchev–Trinajstić information content (AvgIpc) is 2.42. The fourth-order valence-corrected chi connectivity index (χ4v) is 1.71. The zero-order valence-corrected chi connectivity index (χ0v) is 8.40. The van der Waals surface area contributed by atoms with Gasteiger partial charge in [-0.3, -0.25) is 4.79 Å². The monoisotopic (exact) mass is 204 g/mol. The largest absolute Gasteiger partial charge is 0.480 e. The maximum absolute atomic E-state index is 10.6. The van der Waals surface area contributed by atoms with Crippen LogP contribution in [0.4, 0.5) is 5.69 Å². The highest BCUT2D eigenvalue weighted by molar-refractivity contribution is 5.92. The summed E-state index contributed by atoms with van der Waals surface area (Å²) in [7, 11) is 0. The van der Waals surface area contributed by atoms with Crippen molar-refractivity contribution in [3.63, 3.8) is 0 Å². The van der Waals surface area contributed by atoms with E-state index in [1.807, 2.05) is 25.1 Å². The molecular weight excluding hydrogens is 192 g/mol. The van der Waals surface area contributed by atoms with Crippen LogP contribution in [0, 0.1) is 6.92 Å². The number of nitrogens with two attached hydrogens (primary N) is 1. The molecular formula is C11H12N2O2. The fraction of sp³-hybridized carbons (Fsp3) is 0.182. The molecule has 4 nitrogen and oxygen atoms in total. The first-order valence-corrected chi connectivity index (χ1v) is 4.64. The van der Waals surface area contributed by atoms with Crippen LogP contribution in [0.1, 0.15) is 5.56 Å². The molecule has 0 aliphatic heterocycles. The van der Waals surface area contributed by atoms with Gasteiger partial charge in [-0.1, -0.05) is 12.1 Å². The highest BCUT2D eigenvalue weighted by Crippen LogP contribution is 2.24. The molecule has 0 aliphatic rings. The van der Waals surface area contributed by atoms with Crippen LogP contribution in [0.15, 0.2) is 24.4 Å². The number of nitrogen functional groups attached to an aromatic ring is 1. The summed E-state index contributed by atoms with van der Waals surface area (Å²) in [4.78, 5) is 10.6. The highest BCUT2D eigenvalue weighted by atomic mass is 16.4. The van der Waals surface area contributed by atoms with Gasteiger partial charge in [0.25, 0.3) is 0 Å². The summed E-state index contributed by atoms with van der Waals surface area (Å²) in [6.45, 7) is 1.91. The maximum Gasteiger partial charge on any atom is 0.323 e. The molecule has 2 aromatic rings. The van der Waals surface area contributed by atoms with Gasteiger partial charge in [0, 0.05) is 11.6 Å². The number of carbonyl (C=O) groups is 1. The van der Waals surface area contributed by atoms with Gasteiger partial charge in [0.15, 0.2) is 0 Å². The molecule has 0 saturated heterocycles. The van der Waals surface area contributed by atoms with Gasteiger partial charge in [-0.15, -0.1) is 0 Å². The van der Waals surface area contributed by atoms with Gasteiger partial charge in [0.2, 0.25) is 0 Å². The third kappa shape index (κ3) is 1.66. The van der Waals surface area contributed by atoms with Crippen LogP contribution in [-0.2, 0) is 11.3 Å². The summed E-state index contributed by atoms with van der Waals surface area (Å²) in [5, 5.41) is 9.65. The Kier molecular flexibility index (Phi) is 2.11. The normalized spacial score (nSPS) is 10.7. The van der Waals surface area contributed by atoms with Crippen molar-refractivity contribution in [2.75, 3.05) is 5.73 Å². The Bertz CT molecular complexity index is 529. The average molecular weight is 204 g/mol. The number of aliphatic carboxylic acids is 1. The number of nitrogens with zero attached hydrogens (tertiary/aromatic N) is 1. The summed E-state index contributed by atoms with van der Waals surface area (Å²) in [6, 6.07) is 5.82. The van der Waals surface area contributed by atoms with E-state index < -0.39 is 5.97 Å². The van der Waals surface area contributed by atoms with Gasteiger partial charge >= 0.3 is 5.97 Å². The molecule has 0 spiro atoms. The summed E-state index contributed by atoms with van der Waals surface area (Å²) < 4.78 is 1.65. The van der Waals surface area contributed by atoms with Gasteiger partial charge in [-0.25, -0.2) is 0 Å². The predicted molar refractivity (Wildman–Crippen MR) is 58.7 cm³/mol. The van der Waals surface area contributed by atoms with Crippen molar-refractivity contribution < 1.29 is 9.90 Å². The van der Waals surface area contributed by atoms with E-state index in [-0.39, 0.29) is 6.54 Å². The number of aryl methyl sites for hydroxylation is 1. The lowest BCUT2D eigenvalue weighted by Crippen LogP contribution is -2.07. The molecule has 0 atom stereocenters. The second kappa shape index (κ2) is 3.31. The lowest BCUT2D eigenvalue weighted by molar-refractivity contribution is -0.137. The SMILES string of the molecule is Cc1ccc2c(N)cn(CC(=O)O)c2c1. The standard InChI is InChI=1S/C11H12N2O2/c1-7-2-3-8-9(12)5-13(6-11(14)15)10(8)4-7/h2-5H,6,12H2,1H3,(H,14,15). The second-order valence-electron chi connectivity index (χ2n) is 3.63. The first kappa shape index (κ1) is 9.58. The number of carboxylic acid groups (broad SMARTS) is 1. The maximum atomic E-state index is 10.6. The van der Waals surface area contributed by atoms with Crippen molar-refractivity contribution in [2.45, 2.75) is 13.5 Å². The molecule has 0 radical (unpaired) electrons. The van der Waals surface area contributed by atoms with E-state index in [2.05, 4.69) is 0 Å². The van der Waals surface area contributed by atoms with Crippen molar-refractivity contribution in [3.8, 4) is 0 Å². The number of carboxylic acids is 1. The van der Waals surface area contributed by atoms with Gasteiger partial charge in [-0.05, 0) is 18.6 Å². The molecule has 0 unspecified atom stereocenters. The molecule has 4 heteroatoms. The molecule has 0 aliphatic carbocycles. The second-order valence-corrected chi connectivity index (χ2v) is 3.63. The zero-order valence-electron chi connectivity index (χ0n) is 8.40. The lowest BCUT2D eigenvalue weighted by Gasteiger charge is -2.01. The highest BCUT2D eigenvalue weighted by Gasteiger charge is 2.08. The third-order valence-electron chi connectivity index (χ3n) is 2.37. The first-order valence-electron chi connectivity index (χ1n) is 4.64. The Balaban J connectivity index is 2.64. The Labute approximate surface area is 86.9 Å². The number of hydrogen-bond donors (Lipinski definition) is 2. The molecule has 1 aromatic carbocycles. The molecule has 0 saturated carbocycles. The molecule has 3 N–H and O–H groups in total. The summed E-state index contributed by atoms with van der Waals surface area (Å²) in [5.74, 6) is -0.867. The molecule has 2 rings (SSSR count). The van der Waals surface area contributed by atoms with E-state index in [0.29, 0.717) is 5.69 Å². The van der Waals surface area contributed by atoms with Crippen LogP contribution >= 0.6 is 0 Å². The van der Waals surface area contributed by atoms with Crippen LogP contribution in [0.5, 0.6) is 0 Å². The van der Waals surface area contributed by atoms with Gasteiger partial charge in [0.05, 0.1) is 11.2 Å². The topological polar surface area (TPSA) is 68.2 Å².